The molecule has 31 heteroatoms. The van der Waals surface area contributed by atoms with Crippen molar-refractivity contribution in [3.8, 4) is 0 Å². The first-order valence-corrected chi connectivity index (χ1v) is 23.3. The maximum atomic E-state index is 12.9. The summed E-state index contributed by atoms with van der Waals surface area (Å²) in [6, 6.07) is 24.9. The minimum atomic E-state index is -5.31. The van der Waals surface area contributed by atoms with Crippen molar-refractivity contribution in [2.24, 2.45) is 25.6 Å². The third-order valence-corrected chi connectivity index (χ3v) is 12.0. The van der Waals surface area contributed by atoms with Gasteiger partial charge >= 0.3 is 118 Å². The predicted molar refractivity (Wildman–Crippen MR) is 220 cm³/mol. The van der Waals surface area contributed by atoms with Gasteiger partial charge in [0.1, 0.15) is 57.5 Å². The van der Waals surface area contributed by atoms with Gasteiger partial charge in [0.15, 0.2) is 0 Å². The molecule has 0 heterocycles. The Morgan fingerprint density at radius 1 is 0.348 bits per heavy atom. The van der Waals surface area contributed by atoms with Crippen LogP contribution in [0, 0.1) is 15.6 Å². The zero-order valence-electron chi connectivity index (χ0n) is 36.2. The van der Waals surface area contributed by atoms with Crippen LogP contribution in [0.2, 0.25) is 0 Å². The van der Waals surface area contributed by atoms with Gasteiger partial charge in [0, 0.05) is 51.7 Å². The molecule has 0 N–H and O–H groups in total. The Hall–Kier alpha value is -3.50. The monoisotopic (exact) mass is 1050 g/mol. The molecule has 0 saturated carbocycles. The molecule has 6 rings (SSSR count). The predicted octanol–water partition coefficient (Wildman–Crippen LogP) is -4.32. The summed E-state index contributed by atoms with van der Waals surface area (Å²) in [7, 11) is -20.0. The maximum Gasteiger partial charge on any atom is 1.00 e. The summed E-state index contributed by atoms with van der Waals surface area (Å²) in [6.07, 6.45) is 1.96. The van der Waals surface area contributed by atoms with E-state index in [-0.39, 0.29) is 178 Å². The van der Waals surface area contributed by atoms with Gasteiger partial charge in [-0.15, -0.1) is 0 Å². The smallest absolute Gasteiger partial charge is 0.744 e. The van der Waals surface area contributed by atoms with Crippen LogP contribution in [-0.2, 0) is 40.5 Å². The van der Waals surface area contributed by atoms with Crippen LogP contribution in [-0.4, -0.2) is 66.5 Å². The Balaban J connectivity index is 0.00000408. The molecule has 0 spiro atoms. The Morgan fingerprint density at radius 2 is 0.609 bits per heavy atom. The van der Waals surface area contributed by atoms with Crippen LogP contribution in [0.15, 0.2) is 179 Å². The molecule has 0 amide bonds. The molecule has 0 aliphatic heterocycles. The van der Waals surface area contributed by atoms with Crippen molar-refractivity contribution in [3.05, 3.63) is 160 Å². The molecular weight excluding hydrogens is 1030 g/mol. The van der Waals surface area contributed by atoms with Crippen molar-refractivity contribution >= 4 is 98.1 Å². The molecule has 0 fully saturated rings. The Kier molecular flexibility index (Phi) is 23.0. The molecule has 23 nitrogen and oxygen atoms in total. The van der Waals surface area contributed by atoms with Crippen molar-refractivity contribution in [2.75, 3.05) is 0 Å². The number of rotatable bonds is 14. The summed E-state index contributed by atoms with van der Waals surface area (Å²) in [5.41, 5.74) is -1.03. The summed E-state index contributed by atoms with van der Waals surface area (Å²) in [6.45, 7) is 0. The van der Waals surface area contributed by atoms with Crippen LogP contribution in [0.3, 0.4) is 0 Å². The second-order valence-corrected chi connectivity index (χ2v) is 18.4. The van der Waals surface area contributed by atoms with Crippen molar-refractivity contribution in [2.45, 2.75) is 19.6 Å². The van der Waals surface area contributed by atoms with Crippen LogP contribution in [0.5, 0.6) is 0 Å². The van der Waals surface area contributed by atoms with E-state index in [9.17, 15) is 67.5 Å². The first-order valence-electron chi connectivity index (χ1n) is 17.6. The van der Waals surface area contributed by atoms with Gasteiger partial charge in [-0.3, -0.25) is 0 Å². The normalized spacial score (nSPS) is 12.7. The number of benzene rings is 6. The van der Waals surface area contributed by atoms with Gasteiger partial charge in [-0.1, -0.05) is 26.7 Å². The van der Waals surface area contributed by atoms with E-state index in [4.69, 9.17) is 0 Å². The molecule has 0 atom stereocenters. The van der Waals surface area contributed by atoms with Gasteiger partial charge in [0.25, 0.3) is 0 Å². The van der Waals surface area contributed by atoms with E-state index in [1.54, 1.807) is 0 Å². The summed E-state index contributed by atoms with van der Waals surface area (Å²) in [4.78, 5) is -2.66. The summed E-state index contributed by atoms with van der Waals surface area (Å²) >= 11 is 0. The third-order valence-electron chi connectivity index (χ3n) is 8.49. The third kappa shape index (κ3) is 17.4. The quantitative estimate of drug-likeness (QED) is 0.0249. The molecule has 0 aromatic heterocycles. The van der Waals surface area contributed by atoms with Gasteiger partial charge in [0.2, 0.25) is 17.1 Å². The number of nitrogens with zero attached hydrogens (tertiary/aromatic N) is 8. The first-order chi connectivity index (χ1) is 30.4. The number of hydrogen-bond donors (Lipinski definition) is 0. The van der Waals surface area contributed by atoms with E-state index in [0.29, 0.717) is 6.07 Å². The average Bonchev–Trinajstić information content (AvgIpc) is 3.24. The maximum absolute atomic E-state index is 12.9. The van der Waals surface area contributed by atoms with E-state index in [0.717, 1.165) is 78.9 Å². The van der Waals surface area contributed by atoms with Gasteiger partial charge in [-0.2, -0.15) is 10.2 Å². The van der Waals surface area contributed by atoms with E-state index in [1.807, 2.05) is 0 Å². The summed E-state index contributed by atoms with van der Waals surface area (Å²) < 4.78 is 140. The second kappa shape index (κ2) is 25.7. The zero-order valence-corrected chi connectivity index (χ0v) is 47.5. The molecule has 0 bridgehead atoms. The van der Waals surface area contributed by atoms with Gasteiger partial charge in [-0.05, 0) is 108 Å². The number of azo groups is 4. The Bertz CT molecular complexity index is 3440. The standard InChI is InChI=1S/C38H28N8O15S4.4Na/c47-44(41-31-13-21-36(22-14-31)63(53,54)55)32-17-9-30(10-18-32)43-46(49)34-16-4-26(38(24-34)65(59,60)61)2-1-25-3-15-33(23-37(25)64(56,57)58)45(48)42-29-7-5-27(6-8-29)39-40-28-11-19-35(20-12-28)62(50,51)52;;;;/h1-24H,(H,50,51,52)(H,53,54,55)(H,56,57,58)(H,59,60,61);;;;/q;4*+1/p-4/b2-1+,40-39?,44-41?,45-42?,46-43?;;;;. The van der Waals surface area contributed by atoms with Crippen molar-refractivity contribution in [1.82, 2.24) is 0 Å². The second-order valence-electron chi connectivity index (χ2n) is 12.9. The van der Waals surface area contributed by atoms with E-state index in [2.05, 4.69) is 25.6 Å². The molecule has 0 aliphatic carbocycles. The van der Waals surface area contributed by atoms with Crippen LogP contribution in [0.25, 0.3) is 12.2 Å². The summed E-state index contributed by atoms with van der Waals surface area (Å²) in [5.74, 6) is 0. The Morgan fingerprint density at radius 3 is 0.928 bits per heavy atom. The summed E-state index contributed by atoms with van der Waals surface area (Å²) in [5, 5.41) is 57.5. The molecule has 69 heavy (non-hydrogen) atoms. The molecule has 0 aliphatic rings. The fourth-order valence-corrected chi connectivity index (χ4v) is 7.69. The van der Waals surface area contributed by atoms with Crippen molar-refractivity contribution < 1.29 is 185 Å². The van der Waals surface area contributed by atoms with Crippen LogP contribution < -0.4 is 118 Å². The number of hydrogen-bond acceptors (Lipinski definition) is 20. The molecular formula is C38H24N8Na4O15S4. The molecule has 6 aromatic rings. The minimum absolute atomic E-state index is 0. The molecule has 0 saturated heterocycles. The van der Waals surface area contributed by atoms with E-state index >= 15 is 0 Å². The largest absolute Gasteiger partial charge is 1.00 e. The molecule has 334 valence electrons. The van der Waals surface area contributed by atoms with Crippen molar-refractivity contribution in [1.29, 1.82) is 0 Å². The van der Waals surface area contributed by atoms with Gasteiger partial charge in [0.05, 0.1) is 31.0 Å². The van der Waals surface area contributed by atoms with Gasteiger partial charge in [-0.25, -0.2) is 33.7 Å². The SMILES string of the molecule is O=S(=O)([O-])c1ccc(N=Nc2ccc(N=[N+]([O-])c3ccc(/C=C/c4ccc([N+]([O-])=Nc5ccc([N+]([O-])=Nc6ccc(S(=O)(=O)[O-])cc6)cc5)cc4S(=O)(=O)[O-])c(S(=O)(=O)[O-])c3)cc2)cc1.[Na+].[Na+].[Na+].[Na+]. The van der Waals surface area contributed by atoms with Crippen LogP contribution >= 0.6 is 0 Å². The molecule has 6 aromatic carbocycles. The average molecular weight is 1050 g/mol. The topological polar surface area (TPSA) is 369 Å². The zero-order chi connectivity index (χ0) is 47.3. The molecule has 0 unspecified atom stereocenters. The van der Waals surface area contributed by atoms with Crippen LogP contribution in [0.1, 0.15) is 11.1 Å². The fraction of sp³-hybridized carbons (Fsp3) is 0. The van der Waals surface area contributed by atoms with Crippen LogP contribution in [0.4, 0.5) is 45.5 Å². The Labute approximate surface area is 482 Å². The fourth-order valence-electron chi connectivity index (χ4n) is 5.37. The first kappa shape index (κ1) is 61.6. The molecule has 0 radical (unpaired) electrons. The minimum Gasteiger partial charge on any atom is -0.744 e. The van der Waals surface area contributed by atoms with Crippen molar-refractivity contribution in [3.63, 3.8) is 0 Å². The van der Waals surface area contributed by atoms with Gasteiger partial charge < -0.3 is 33.8 Å². The van der Waals surface area contributed by atoms with E-state index in [1.165, 1.54) is 60.7 Å². The van der Waals surface area contributed by atoms with E-state index < -0.39 is 71.4 Å².